The van der Waals surface area contributed by atoms with E-state index >= 15 is 0 Å². The molecule has 0 saturated carbocycles. The predicted octanol–water partition coefficient (Wildman–Crippen LogP) is 3.19. The van der Waals surface area contributed by atoms with Gasteiger partial charge in [0.25, 0.3) is 0 Å². The lowest BCUT2D eigenvalue weighted by molar-refractivity contribution is 0.181. The van der Waals surface area contributed by atoms with Gasteiger partial charge in [-0.25, -0.2) is 0 Å². The van der Waals surface area contributed by atoms with Crippen molar-refractivity contribution in [2.75, 3.05) is 19.7 Å². The molecular formula is C15H23NO. The van der Waals surface area contributed by atoms with Crippen molar-refractivity contribution in [3.8, 4) is 5.75 Å². The van der Waals surface area contributed by atoms with Crippen LogP contribution in [-0.4, -0.2) is 30.6 Å². The highest BCUT2D eigenvalue weighted by molar-refractivity contribution is 5.20. The minimum absolute atomic E-state index is 0.593. The largest absolute Gasteiger partial charge is 0.493 e. The summed E-state index contributed by atoms with van der Waals surface area (Å²) in [4.78, 5) is 2.58. The molecule has 2 nitrogen and oxygen atoms in total. The van der Waals surface area contributed by atoms with Crippen LogP contribution in [0.1, 0.15) is 26.7 Å². The van der Waals surface area contributed by atoms with E-state index < -0.39 is 0 Å². The van der Waals surface area contributed by atoms with E-state index in [0.717, 1.165) is 24.9 Å². The van der Waals surface area contributed by atoms with Crippen molar-refractivity contribution in [1.82, 2.24) is 4.90 Å². The molecule has 0 radical (unpaired) electrons. The van der Waals surface area contributed by atoms with Gasteiger partial charge in [-0.05, 0) is 38.4 Å². The first-order valence-electron chi connectivity index (χ1n) is 6.67. The summed E-state index contributed by atoms with van der Waals surface area (Å²) >= 11 is 0. The Morgan fingerprint density at radius 1 is 1.35 bits per heavy atom. The van der Waals surface area contributed by atoms with Crippen molar-refractivity contribution < 1.29 is 4.74 Å². The number of hydrogen-bond donors (Lipinski definition) is 0. The van der Waals surface area contributed by atoms with Gasteiger partial charge in [-0.1, -0.05) is 25.1 Å². The molecule has 1 aliphatic heterocycles. The molecule has 17 heavy (non-hydrogen) atoms. The molecule has 0 bridgehead atoms. The summed E-state index contributed by atoms with van der Waals surface area (Å²) in [6, 6.07) is 10.8. The predicted molar refractivity (Wildman–Crippen MR) is 71.4 cm³/mol. The van der Waals surface area contributed by atoms with Crippen LogP contribution in [0.3, 0.4) is 0 Å². The minimum Gasteiger partial charge on any atom is -0.493 e. The van der Waals surface area contributed by atoms with Crippen molar-refractivity contribution in [3.63, 3.8) is 0 Å². The normalized spacial score (nSPS) is 22.6. The number of hydrogen-bond acceptors (Lipinski definition) is 2. The fourth-order valence-electron chi connectivity index (χ4n) is 2.47. The molecule has 2 heteroatoms. The van der Waals surface area contributed by atoms with Gasteiger partial charge in [-0.15, -0.1) is 0 Å². The molecule has 1 aliphatic rings. The topological polar surface area (TPSA) is 12.5 Å². The van der Waals surface area contributed by atoms with Gasteiger partial charge in [0.2, 0.25) is 0 Å². The summed E-state index contributed by atoms with van der Waals surface area (Å²) in [5.74, 6) is 1.57. The molecule has 1 heterocycles. The second kappa shape index (κ2) is 6.06. The molecule has 94 valence electrons. The van der Waals surface area contributed by atoms with E-state index in [1.807, 2.05) is 30.3 Å². The first kappa shape index (κ1) is 12.4. The van der Waals surface area contributed by atoms with Crippen LogP contribution in [0, 0.1) is 5.92 Å². The fraction of sp³-hybridized carbons (Fsp3) is 0.600. The van der Waals surface area contributed by atoms with Crippen LogP contribution < -0.4 is 4.74 Å². The van der Waals surface area contributed by atoms with Gasteiger partial charge >= 0.3 is 0 Å². The SMILES string of the molecule is C[C@@H](COc1ccccc1)CN1CCC[C@H]1C. The number of benzene rings is 1. The lowest BCUT2D eigenvalue weighted by Gasteiger charge is -2.24. The summed E-state index contributed by atoms with van der Waals surface area (Å²) < 4.78 is 5.79. The van der Waals surface area contributed by atoms with Crippen LogP contribution in [0.5, 0.6) is 5.75 Å². The molecule has 0 N–H and O–H groups in total. The average molecular weight is 233 g/mol. The molecule has 1 aromatic rings. The Hall–Kier alpha value is -1.02. The Bertz CT molecular complexity index is 325. The van der Waals surface area contributed by atoms with Crippen LogP contribution in [0.2, 0.25) is 0 Å². The summed E-state index contributed by atoms with van der Waals surface area (Å²) in [6.07, 6.45) is 2.71. The molecule has 1 fully saturated rings. The zero-order valence-electron chi connectivity index (χ0n) is 10.9. The smallest absolute Gasteiger partial charge is 0.119 e. The monoisotopic (exact) mass is 233 g/mol. The maximum absolute atomic E-state index is 5.79. The van der Waals surface area contributed by atoms with Gasteiger partial charge in [-0.3, -0.25) is 0 Å². The zero-order chi connectivity index (χ0) is 12.1. The highest BCUT2D eigenvalue weighted by atomic mass is 16.5. The van der Waals surface area contributed by atoms with E-state index in [1.165, 1.54) is 19.4 Å². The number of nitrogens with zero attached hydrogens (tertiary/aromatic N) is 1. The van der Waals surface area contributed by atoms with Crippen LogP contribution in [0.25, 0.3) is 0 Å². The molecule has 0 amide bonds. The average Bonchev–Trinajstić information content (AvgIpc) is 2.74. The van der Waals surface area contributed by atoms with Gasteiger partial charge in [0, 0.05) is 18.5 Å². The van der Waals surface area contributed by atoms with E-state index in [9.17, 15) is 0 Å². The molecule has 2 rings (SSSR count). The second-order valence-corrected chi connectivity index (χ2v) is 5.22. The summed E-state index contributed by atoms with van der Waals surface area (Å²) in [6.45, 7) is 7.84. The summed E-state index contributed by atoms with van der Waals surface area (Å²) in [5, 5.41) is 0. The highest BCUT2D eigenvalue weighted by Gasteiger charge is 2.21. The van der Waals surface area contributed by atoms with Gasteiger partial charge in [0.1, 0.15) is 5.75 Å². The third-order valence-electron chi connectivity index (χ3n) is 3.51. The van der Waals surface area contributed by atoms with E-state index in [0.29, 0.717) is 5.92 Å². The molecule has 2 atom stereocenters. The summed E-state index contributed by atoms with van der Waals surface area (Å²) in [7, 11) is 0. The Labute approximate surface area is 105 Å². The highest BCUT2D eigenvalue weighted by Crippen LogP contribution is 2.18. The maximum atomic E-state index is 5.79. The van der Waals surface area contributed by atoms with E-state index in [-0.39, 0.29) is 0 Å². The molecule has 0 aliphatic carbocycles. The number of para-hydroxylation sites is 1. The number of rotatable bonds is 5. The van der Waals surface area contributed by atoms with Crippen molar-refractivity contribution in [1.29, 1.82) is 0 Å². The number of ether oxygens (including phenoxy) is 1. The lowest BCUT2D eigenvalue weighted by Crippen LogP contribution is -2.33. The molecule has 0 spiro atoms. The quantitative estimate of drug-likeness (QED) is 0.774. The third kappa shape index (κ3) is 3.74. The minimum atomic E-state index is 0.593. The van der Waals surface area contributed by atoms with Gasteiger partial charge in [0.05, 0.1) is 6.61 Å². The van der Waals surface area contributed by atoms with Gasteiger partial charge < -0.3 is 9.64 Å². The van der Waals surface area contributed by atoms with Crippen LogP contribution in [0.4, 0.5) is 0 Å². The first-order valence-corrected chi connectivity index (χ1v) is 6.67. The molecular weight excluding hydrogens is 210 g/mol. The van der Waals surface area contributed by atoms with E-state index in [2.05, 4.69) is 18.7 Å². The Morgan fingerprint density at radius 3 is 2.76 bits per heavy atom. The van der Waals surface area contributed by atoms with Gasteiger partial charge in [0.15, 0.2) is 0 Å². The van der Waals surface area contributed by atoms with Crippen molar-refractivity contribution in [2.45, 2.75) is 32.7 Å². The molecule has 1 aromatic carbocycles. The van der Waals surface area contributed by atoms with Crippen molar-refractivity contribution in [3.05, 3.63) is 30.3 Å². The molecule has 0 aromatic heterocycles. The second-order valence-electron chi connectivity index (χ2n) is 5.22. The summed E-state index contributed by atoms with van der Waals surface area (Å²) in [5.41, 5.74) is 0. The fourth-order valence-corrected chi connectivity index (χ4v) is 2.47. The Kier molecular flexibility index (Phi) is 4.43. The standard InChI is InChI=1S/C15H23NO/c1-13(11-16-10-6-7-14(16)2)12-17-15-8-4-3-5-9-15/h3-5,8-9,13-14H,6-7,10-12H2,1-2H3/t13-,14-/m1/s1. The van der Waals surface area contributed by atoms with Crippen LogP contribution in [-0.2, 0) is 0 Å². The van der Waals surface area contributed by atoms with Gasteiger partial charge in [-0.2, -0.15) is 0 Å². The number of likely N-dealkylation sites (tertiary alicyclic amines) is 1. The van der Waals surface area contributed by atoms with Crippen molar-refractivity contribution in [2.24, 2.45) is 5.92 Å². The van der Waals surface area contributed by atoms with Crippen molar-refractivity contribution >= 4 is 0 Å². The molecule has 0 unspecified atom stereocenters. The third-order valence-corrected chi connectivity index (χ3v) is 3.51. The van der Waals surface area contributed by atoms with E-state index in [4.69, 9.17) is 4.74 Å². The Balaban J connectivity index is 1.72. The van der Waals surface area contributed by atoms with Crippen LogP contribution in [0.15, 0.2) is 30.3 Å². The Morgan fingerprint density at radius 2 is 2.12 bits per heavy atom. The van der Waals surface area contributed by atoms with Crippen LogP contribution >= 0.6 is 0 Å². The lowest BCUT2D eigenvalue weighted by atomic mass is 10.1. The molecule has 1 saturated heterocycles. The maximum Gasteiger partial charge on any atom is 0.119 e. The van der Waals surface area contributed by atoms with E-state index in [1.54, 1.807) is 0 Å². The first-order chi connectivity index (χ1) is 8.25. The zero-order valence-corrected chi connectivity index (χ0v) is 10.9.